The summed E-state index contributed by atoms with van der Waals surface area (Å²) in [7, 11) is 0. The van der Waals surface area contributed by atoms with Gasteiger partial charge in [-0.05, 0) is 69.5 Å². The molecule has 0 radical (unpaired) electrons. The van der Waals surface area contributed by atoms with E-state index in [1.807, 2.05) is 64.4 Å². The fraction of sp³-hybridized carbons (Fsp3) is 0.346. The van der Waals surface area contributed by atoms with Crippen molar-refractivity contribution < 1.29 is 14.1 Å². The van der Waals surface area contributed by atoms with Crippen LogP contribution in [0.5, 0.6) is 5.75 Å². The highest BCUT2D eigenvalue weighted by Gasteiger charge is 2.15. The molecule has 2 heterocycles. The van der Waals surface area contributed by atoms with Gasteiger partial charge < -0.3 is 24.9 Å². The van der Waals surface area contributed by atoms with E-state index in [1.54, 1.807) is 0 Å². The van der Waals surface area contributed by atoms with Gasteiger partial charge in [0.05, 0.1) is 29.8 Å². The summed E-state index contributed by atoms with van der Waals surface area (Å²) < 4.78 is 13.2. The summed E-state index contributed by atoms with van der Waals surface area (Å²) in [6.07, 6.45) is 2.95. The van der Waals surface area contributed by atoms with E-state index in [1.165, 1.54) is 0 Å². The number of hydrogen-bond donors (Lipinski definition) is 2. The molecule has 4 aromatic rings. The molecule has 1 amide bonds. The molecule has 8 heteroatoms. The second kappa shape index (κ2) is 9.99. The molecule has 2 aromatic heterocycles. The molecule has 0 aliphatic rings. The van der Waals surface area contributed by atoms with Crippen molar-refractivity contribution in [2.75, 3.05) is 12.3 Å². The third-order valence-electron chi connectivity index (χ3n) is 5.62. The van der Waals surface area contributed by atoms with Gasteiger partial charge in [-0.3, -0.25) is 4.79 Å². The predicted octanol–water partition coefficient (Wildman–Crippen LogP) is 4.62. The van der Waals surface area contributed by atoms with Gasteiger partial charge in [0.1, 0.15) is 17.0 Å². The lowest BCUT2D eigenvalue weighted by atomic mass is 10.0. The molecule has 0 aliphatic carbocycles. The smallest absolute Gasteiger partial charge is 0.220 e. The Bertz CT molecular complexity index is 1270. The third kappa shape index (κ3) is 5.22. The molecule has 2 aromatic carbocycles. The molecule has 3 N–H and O–H groups in total. The second-order valence-electron chi connectivity index (χ2n) is 8.82. The fourth-order valence-corrected chi connectivity index (χ4v) is 4.06. The van der Waals surface area contributed by atoms with Crippen LogP contribution in [-0.4, -0.2) is 33.3 Å². The van der Waals surface area contributed by atoms with Crippen LogP contribution in [0.3, 0.4) is 0 Å². The summed E-state index contributed by atoms with van der Waals surface area (Å²) in [6.45, 7) is 8.88. The number of rotatable bonds is 9. The lowest BCUT2D eigenvalue weighted by molar-refractivity contribution is -0.121. The first kappa shape index (κ1) is 23.4. The van der Waals surface area contributed by atoms with Gasteiger partial charge in [0, 0.05) is 24.6 Å². The maximum atomic E-state index is 11.7. The van der Waals surface area contributed by atoms with E-state index in [9.17, 15) is 4.79 Å². The Morgan fingerprint density at radius 1 is 1.21 bits per heavy atom. The zero-order valence-electron chi connectivity index (χ0n) is 20.1. The minimum absolute atomic E-state index is 0.0552. The van der Waals surface area contributed by atoms with Gasteiger partial charge in [-0.1, -0.05) is 17.3 Å². The van der Waals surface area contributed by atoms with Gasteiger partial charge in [0.15, 0.2) is 0 Å². The minimum Gasteiger partial charge on any atom is -0.494 e. The molecule has 0 unspecified atom stereocenters. The van der Waals surface area contributed by atoms with Crippen LogP contribution >= 0.6 is 0 Å². The Morgan fingerprint density at radius 3 is 2.65 bits per heavy atom. The van der Waals surface area contributed by atoms with Crippen LogP contribution in [0, 0.1) is 13.8 Å². The number of anilines is 1. The molecule has 0 atom stereocenters. The maximum absolute atomic E-state index is 11.7. The molecule has 8 nitrogen and oxygen atoms in total. The van der Waals surface area contributed by atoms with E-state index in [4.69, 9.17) is 15.0 Å². The number of benzene rings is 2. The number of nitrogens with two attached hydrogens (primary N) is 1. The lowest BCUT2D eigenvalue weighted by Gasteiger charge is -2.10. The van der Waals surface area contributed by atoms with Gasteiger partial charge in [-0.2, -0.15) is 0 Å². The summed E-state index contributed by atoms with van der Waals surface area (Å²) in [5.41, 5.74) is 12.5. The van der Waals surface area contributed by atoms with Gasteiger partial charge in [0.25, 0.3) is 0 Å². The van der Waals surface area contributed by atoms with E-state index in [0.717, 1.165) is 44.9 Å². The van der Waals surface area contributed by atoms with Crippen molar-refractivity contribution in [2.45, 2.75) is 53.1 Å². The second-order valence-corrected chi connectivity index (χ2v) is 8.82. The first-order valence-electron chi connectivity index (χ1n) is 11.5. The number of imidazole rings is 1. The highest BCUT2D eigenvalue weighted by molar-refractivity contribution is 5.92. The summed E-state index contributed by atoms with van der Waals surface area (Å²) in [5, 5.41) is 6.95. The number of fused-ring (bicyclic) bond motifs is 1. The van der Waals surface area contributed by atoms with Crippen molar-refractivity contribution in [3.8, 4) is 16.9 Å². The van der Waals surface area contributed by atoms with E-state index in [2.05, 4.69) is 26.1 Å². The maximum Gasteiger partial charge on any atom is 0.220 e. The molecule has 178 valence electrons. The van der Waals surface area contributed by atoms with Crippen LogP contribution in [0.1, 0.15) is 43.7 Å². The molecule has 4 rings (SSSR count). The number of aryl methyl sites for hydroxylation is 2. The van der Waals surface area contributed by atoms with Gasteiger partial charge in [-0.25, -0.2) is 4.98 Å². The lowest BCUT2D eigenvalue weighted by Crippen LogP contribution is -2.30. The van der Waals surface area contributed by atoms with Crippen LogP contribution in [0.2, 0.25) is 0 Å². The van der Waals surface area contributed by atoms with Crippen molar-refractivity contribution in [1.29, 1.82) is 0 Å². The van der Waals surface area contributed by atoms with Crippen molar-refractivity contribution in [2.24, 2.45) is 0 Å². The molecule has 0 fully saturated rings. The summed E-state index contributed by atoms with van der Waals surface area (Å²) in [5.74, 6) is 1.60. The Labute approximate surface area is 199 Å². The van der Waals surface area contributed by atoms with Crippen molar-refractivity contribution in [3.05, 3.63) is 59.7 Å². The van der Waals surface area contributed by atoms with Gasteiger partial charge >= 0.3 is 0 Å². The Kier molecular flexibility index (Phi) is 6.86. The van der Waals surface area contributed by atoms with Crippen LogP contribution in [0.4, 0.5) is 5.69 Å². The van der Waals surface area contributed by atoms with Gasteiger partial charge in [0.2, 0.25) is 5.91 Å². The zero-order chi connectivity index (χ0) is 24.2. The Hall–Kier alpha value is -3.81. The molecule has 0 aliphatic heterocycles. The number of nitrogen functional groups attached to an aromatic ring is 1. The number of carbonyl (C=O) groups is 1. The van der Waals surface area contributed by atoms with Crippen LogP contribution in [-0.2, 0) is 11.3 Å². The highest BCUT2D eigenvalue weighted by Crippen LogP contribution is 2.32. The van der Waals surface area contributed by atoms with Gasteiger partial charge in [-0.15, -0.1) is 0 Å². The third-order valence-corrected chi connectivity index (χ3v) is 5.62. The topological polar surface area (TPSA) is 108 Å². The molecule has 0 spiro atoms. The molecule has 34 heavy (non-hydrogen) atoms. The Balaban J connectivity index is 1.43. The number of nitrogens with one attached hydrogen (secondary N) is 1. The van der Waals surface area contributed by atoms with E-state index in [-0.39, 0.29) is 11.9 Å². The summed E-state index contributed by atoms with van der Waals surface area (Å²) in [6, 6.07) is 12.1. The van der Waals surface area contributed by atoms with Crippen LogP contribution in [0.15, 0.2) is 47.2 Å². The molecule has 0 saturated heterocycles. The predicted molar refractivity (Wildman–Crippen MR) is 133 cm³/mol. The number of amides is 1. The largest absolute Gasteiger partial charge is 0.494 e. The van der Waals surface area contributed by atoms with E-state index >= 15 is 0 Å². The summed E-state index contributed by atoms with van der Waals surface area (Å²) >= 11 is 0. The molecular formula is C26H31N5O3. The first-order valence-corrected chi connectivity index (χ1v) is 11.5. The number of carbonyl (C=O) groups excluding carboxylic acids is 1. The van der Waals surface area contributed by atoms with E-state index < -0.39 is 0 Å². The van der Waals surface area contributed by atoms with Crippen LogP contribution in [0.25, 0.3) is 22.2 Å². The van der Waals surface area contributed by atoms with Crippen molar-refractivity contribution in [3.63, 3.8) is 0 Å². The number of nitrogens with zero attached hydrogens (tertiary/aromatic N) is 3. The van der Waals surface area contributed by atoms with Crippen molar-refractivity contribution in [1.82, 2.24) is 20.0 Å². The number of hydrogen-bond acceptors (Lipinski definition) is 6. The average molecular weight is 462 g/mol. The summed E-state index contributed by atoms with van der Waals surface area (Å²) in [4.78, 5) is 16.2. The SMILES string of the molecule is Cc1noc(C)c1-c1cc(N)c2ncn(Cc3ccc(OCCCC(=O)NC(C)C)cc3)c2c1. The number of aromatic nitrogens is 3. The number of ether oxygens (including phenoxy) is 1. The minimum atomic E-state index is 0.0552. The molecule has 0 bridgehead atoms. The first-order chi connectivity index (χ1) is 16.3. The Morgan fingerprint density at radius 2 is 1.97 bits per heavy atom. The monoisotopic (exact) mass is 461 g/mol. The van der Waals surface area contributed by atoms with Crippen molar-refractivity contribution >= 4 is 22.6 Å². The molecule has 0 saturated carbocycles. The molecular weight excluding hydrogens is 430 g/mol. The van der Waals surface area contributed by atoms with E-state index in [0.29, 0.717) is 31.7 Å². The quantitative estimate of drug-likeness (QED) is 0.278. The average Bonchev–Trinajstić information content (AvgIpc) is 3.34. The normalized spacial score (nSPS) is 11.3. The standard InChI is InChI=1S/C26H31N5O3/c1-16(2)29-24(32)6-5-11-33-21-9-7-19(8-10-21)14-31-15-28-26-22(27)12-20(13-23(26)31)25-17(3)30-34-18(25)4/h7-10,12-13,15-16H,5-6,11,14,27H2,1-4H3,(H,29,32). The highest BCUT2D eigenvalue weighted by atomic mass is 16.5. The zero-order valence-corrected chi connectivity index (χ0v) is 20.1. The van der Waals surface area contributed by atoms with Crippen LogP contribution < -0.4 is 15.8 Å². The fourth-order valence-electron chi connectivity index (χ4n) is 4.06.